The number of nitrogens with one attached hydrogen (secondary N) is 1. The molecule has 0 saturated carbocycles. The summed E-state index contributed by atoms with van der Waals surface area (Å²) in [7, 11) is 1.96. The maximum atomic E-state index is 14.2. The van der Waals surface area contributed by atoms with Gasteiger partial charge < -0.3 is 15.3 Å². The molecular weight excluding hydrogens is 531 g/mol. The molecule has 1 atom stereocenters. The zero-order valence-electron chi connectivity index (χ0n) is 23.0. The van der Waals surface area contributed by atoms with Gasteiger partial charge in [0.1, 0.15) is 17.5 Å². The van der Waals surface area contributed by atoms with E-state index in [1.165, 1.54) is 6.07 Å². The number of hydrogen-bond donors (Lipinski definition) is 2. The number of hydrogen-bond acceptors (Lipinski definition) is 6. The van der Waals surface area contributed by atoms with Gasteiger partial charge in [-0.1, -0.05) is 29.3 Å². The number of likely N-dealkylation sites (N-methyl/N-ethyl adjacent to an activating group) is 1. The zero-order valence-corrected chi connectivity index (χ0v) is 23.0. The molecule has 0 spiro atoms. The Labute approximate surface area is 235 Å². The van der Waals surface area contributed by atoms with E-state index in [0.29, 0.717) is 24.2 Å². The van der Waals surface area contributed by atoms with Crippen molar-refractivity contribution < 1.29 is 18.3 Å². The average molecular weight is 562 g/mol. The quantitative estimate of drug-likeness (QED) is 0.325. The van der Waals surface area contributed by atoms with E-state index in [-0.39, 0.29) is 22.3 Å². The summed E-state index contributed by atoms with van der Waals surface area (Å²) in [6, 6.07) is 12.1. The lowest BCUT2D eigenvalue weighted by atomic mass is 9.95. The zero-order chi connectivity index (χ0) is 29.5. The fraction of sp³-hybridized carbons (Fsp3) is 0.323. The minimum absolute atomic E-state index is 0.192. The van der Waals surface area contributed by atoms with Crippen molar-refractivity contribution >= 4 is 10.9 Å². The van der Waals surface area contributed by atoms with Gasteiger partial charge in [0.15, 0.2) is 0 Å². The molecular formula is C31H30F3N5O2. The number of nitrogens with zero attached hydrogens (tertiary/aromatic N) is 4. The Morgan fingerprint density at radius 1 is 1.15 bits per heavy atom. The maximum absolute atomic E-state index is 14.2. The van der Waals surface area contributed by atoms with Gasteiger partial charge in [0, 0.05) is 37.0 Å². The lowest BCUT2D eigenvalue weighted by Crippen LogP contribution is -2.35. The van der Waals surface area contributed by atoms with Crippen LogP contribution in [0.25, 0.3) is 27.7 Å². The van der Waals surface area contributed by atoms with E-state index in [1.54, 1.807) is 6.20 Å². The molecule has 4 aromatic rings. The van der Waals surface area contributed by atoms with Crippen molar-refractivity contribution in [3.63, 3.8) is 0 Å². The number of benzene rings is 2. The van der Waals surface area contributed by atoms with E-state index in [0.717, 1.165) is 64.9 Å². The van der Waals surface area contributed by atoms with Crippen LogP contribution in [0.15, 0.2) is 53.5 Å². The number of rotatable bonds is 6. The molecule has 0 radical (unpaired) electrons. The second-order valence-electron chi connectivity index (χ2n) is 10.8. The van der Waals surface area contributed by atoms with Crippen molar-refractivity contribution in [2.45, 2.75) is 45.5 Å². The molecule has 0 unspecified atom stereocenters. The molecule has 1 aliphatic heterocycles. The van der Waals surface area contributed by atoms with Gasteiger partial charge in [0.05, 0.1) is 22.2 Å². The van der Waals surface area contributed by atoms with Crippen LogP contribution in [0.4, 0.5) is 13.2 Å². The first kappa shape index (κ1) is 28.3. The lowest BCUT2D eigenvalue weighted by Gasteiger charge is -2.24. The molecule has 212 valence electrons. The topological polar surface area (TPSA) is 94.2 Å². The van der Waals surface area contributed by atoms with Gasteiger partial charge in [-0.3, -0.25) is 14.3 Å². The van der Waals surface area contributed by atoms with E-state index in [4.69, 9.17) is 0 Å². The van der Waals surface area contributed by atoms with Crippen LogP contribution >= 0.6 is 0 Å². The number of alkyl halides is 3. The Bertz CT molecular complexity index is 1710. The number of phenolic OH excluding ortho intramolecular Hbond substituents is 1. The summed E-state index contributed by atoms with van der Waals surface area (Å²) in [6.07, 6.45) is -0.937. The molecule has 0 amide bonds. The summed E-state index contributed by atoms with van der Waals surface area (Å²) in [5, 5.41) is 23.7. The normalized spacial score (nSPS) is 15.5. The SMILES string of the molecule is Cc1cc(C)cc(-c2cnc3cc(C#N)n(-c4cc(O)cc(C(F)(F)F)c4)c(=O)c3c2CN(C)C[C@@H]2CCCN2)c1. The predicted octanol–water partition coefficient (Wildman–Crippen LogP) is 5.45. The van der Waals surface area contributed by atoms with Crippen LogP contribution < -0.4 is 10.9 Å². The van der Waals surface area contributed by atoms with Crippen LogP contribution in [0.3, 0.4) is 0 Å². The summed E-state index contributed by atoms with van der Waals surface area (Å²) in [4.78, 5) is 20.9. The molecule has 1 fully saturated rings. The van der Waals surface area contributed by atoms with Gasteiger partial charge in [-0.15, -0.1) is 0 Å². The summed E-state index contributed by atoms with van der Waals surface area (Å²) in [5.41, 5.74) is 2.34. The van der Waals surface area contributed by atoms with E-state index in [2.05, 4.69) is 15.2 Å². The van der Waals surface area contributed by atoms with E-state index < -0.39 is 23.0 Å². The van der Waals surface area contributed by atoms with Gasteiger partial charge in [-0.05, 0) is 69.6 Å². The molecule has 5 rings (SSSR count). The van der Waals surface area contributed by atoms with Gasteiger partial charge in [0.25, 0.3) is 5.56 Å². The van der Waals surface area contributed by atoms with E-state index >= 15 is 0 Å². The number of aryl methyl sites for hydroxylation is 2. The third kappa shape index (κ3) is 5.82. The third-order valence-corrected chi connectivity index (χ3v) is 7.40. The number of fused-ring (bicyclic) bond motifs is 1. The van der Waals surface area contributed by atoms with Crippen LogP contribution in [0, 0.1) is 25.2 Å². The van der Waals surface area contributed by atoms with Gasteiger partial charge >= 0.3 is 6.18 Å². The number of pyridine rings is 2. The highest BCUT2D eigenvalue weighted by atomic mass is 19.4. The highest BCUT2D eigenvalue weighted by molar-refractivity contribution is 5.89. The molecule has 41 heavy (non-hydrogen) atoms. The third-order valence-electron chi connectivity index (χ3n) is 7.40. The smallest absolute Gasteiger partial charge is 0.416 e. The fourth-order valence-corrected chi connectivity index (χ4v) is 5.72. The first-order chi connectivity index (χ1) is 19.4. The second kappa shape index (κ2) is 11.0. The van der Waals surface area contributed by atoms with Crippen molar-refractivity contribution in [3.05, 3.63) is 87.0 Å². The lowest BCUT2D eigenvalue weighted by molar-refractivity contribution is -0.137. The second-order valence-corrected chi connectivity index (χ2v) is 10.8. The summed E-state index contributed by atoms with van der Waals surface area (Å²) < 4.78 is 41.7. The van der Waals surface area contributed by atoms with Gasteiger partial charge in [0.2, 0.25) is 0 Å². The van der Waals surface area contributed by atoms with E-state index in [1.807, 2.05) is 45.2 Å². The van der Waals surface area contributed by atoms with Crippen LogP contribution in [-0.4, -0.2) is 45.7 Å². The number of aromatic nitrogens is 2. The molecule has 2 N–H and O–H groups in total. The molecule has 3 heterocycles. The molecule has 1 saturated heterocycles. The maximum Gasteiger partial charge on any atom is 0.416 e. The summed E-state index contributed by atoms with van der Waals surface area (Å²) >= 11 is 0. The molecule has 0 bridgehead atoms. The van der Waals surface area contributed by atoms with Crippen molar-refractivity contribution in [3.8, 4) is 28.6 Å². The summed E-state index contributed by atoms with van der Waals surface area (Å²) in [5.74, 6) is -0.670. The van der Waals surface area contributed by atoms with Gasteiger partial charge in [-0.2, -0.15) is 18.4 Å². The molecule has 2 aromatic heterocycles. The van der Waals surface area contributed by atoms with Crippen molar-refractivity contribution in [1.29, 1.82) is 5.26 Å². The minimum Gasteiger partial charge on any atom is -0.508 e. The van der Waals surface area contributed by atoms with Crippen LogP contribution in [-0.2, 0) is 12.7 Å². The first-order valence-corrected chi connectivity index (χ1v) is 13.3. The van der Waals surface area contributed by atoms with Crippen LogP contribution in [0.5, 0.6) is 5.75 Å². The van der Waals surface area contributed by atoms with Crippen molar-refractivity contribution in [2.75, 3.05) is 20.1 Å². The monoisotopic (exact) mass is 561 g/mol. The molecule has 2 aromatic carbocycles. The Hall–Kier alpha value is -4.20. The Balaban J connectivity index is 1.78. The minimum atomic E-state index is -4.76. The average Bonchev–Trinajstić information content (AvgIpc) is 3.39. The van der Waals surface area contributed by atoms with Crippen molar-refractivity contribution in [1.82, 2.24) is 19.8 Å². The van der Waals surface area contributed by atoms with Crippen molar-refractivity contribution in [2.24, 2.45) is 0 Å². The number of phenols is 1. The highest BCUT2D eigenvalue weighted by Crippen LogP contribution is 2.34. The molecule has 0 aliphatic carbocycles. The largest absolute Gasteiger partial charge is 0.508 e. The molecule has 1 aliphatic rings. The Kier molecular flexibility index (Phi) is 7.60. The predicted molar refractivity (Wildman–Crippen MR) is 151 cm³/mol. The molecule has 7 nitrogen and oxygen atoms in total. The standard InChI is InChI=1S/C31H30F3N5O2/c1-18-7-19(2)9-20(8-18)26-15-37-28-13-24(14-35)39(23-10-21(31(32,33)34)11-25(40)12-23)30(41)29(28)27(26)17-38(3)16-22-5-4-6-36-22/h7-13,15,22,36,40H,4-6,16-17H2,1-3H3/t22-/m0/s1. The highest BCUT2D eigenvalue weighted by Gasteiger charge is 2.32. The number of nitriles is 1. The fourth-order valence-electron chi connectivity index (χ4n) is 5.72. The van der Waals surface area contributed by atoms with Crippen LogP contribution in [0.1, 0.15) is 40.8 Å². The van der Waals surface area contributed by atoms with E-state index in [9.17, 15) is 28.3 Å². The van der Waals surface area contributed by atoms with Gasteiger partial charge in [-0.25, -0.2) is 0 Å². The number of aromatic hydroxyl groups is 1. The number of halogens is 3. The first-order valence-electron chi connectivity index (χ1n) is 13.3. The molecule has 10 heteroatoms. The summed E-state index contributed by atoms with van der Waals surface area (Å²) in [6.45, 7) is 6.02. The Morgan fingerprint density at radius 2 is 1.88 bits per heavy atom. The Morgan fingerprint density at radius 3 is 2.51 bits per heavy atom. The van der Waals surface area contributed by atoms with Crippen LogP contribution in [0.2, 0.25) is 0 Å².